The number of likely N-dealkylation sites (N-methyl/N-ethyl adjacent to an activating group) is 1. The zero-order chi connectivity index (χ0) is 51.5. The van der Waals surface area contributed by atoms with Crippen LogP contribution in [-0.4, -0.2) is 74.3 Å². The lowest BCUT2D eigenvalue weighted by atomic mass is 10.0. The number of phosphoric acid groups is 1. The lowest BCUT2D eigenvalue weighted by Crippen LogP contribution is -2.47. The number of ether oxygens (including phenoxy) is 1. The van der Waals surface area contributed by atoms with Crippen molar-refractivity contribution in [2.75, 3.05) is 40.9 Å². The van der Waals surface area contributed by atoms with Gasteiger partial charge in [-0.05, 0) is 70.3 Å². The molecule has 0 saturated carbocycles. The van der Waals surface area contributed by atoms with E-state index in [4.69, 9.17) is 13.8 Å². The van der Waals surface area contributed by atoms with Gasteiger partial charge in [0.25, 0.3) is 0 Å². The van der Waals surface area contributed by atoms with E-state index in [2.05, 4.69) is 62.5 Å². The van der Waals surface area contributed by atoms with Crippen LogP contribution in [-0.2, 0) is 27.9 Å². The molecule has 0 saturated heterocycles. The van der Waals surface area contributed by atoms with Gasteiger partial charge in [0.05, 0.1) is 33.8 Å². The average Bonchev–Trinajstić information content (AvgIpc) is 3.32. The number of esters is 1. The van der Waals surface area contributed by atoms with Crippen molar-refractivity contribution in [1.29, 1.82) is 0 Å². The third-order valence-corrected chi connectivity index (χ3v) is 14.0. The molecule has 0 aromatic heterocycles. The Morgan fingerprint density at radius 1 is 0.500 bits per heavy atom. The number of hydrogen-bond donors (Lipinski definition) is 2. The average molecular weight is 1010 g/mol. The number of amides is 1. The fraction of sp³-hybridized carbons (Fsp3) is 0.833. The number of rotatable bonds is 53. The van der Waals surface area contributed by atoms with E-state index in [0.29, 0.717) is 17.4 Å². The van der Waals surface area contributed by atoms with E-state index in [0.717, 1.165) is 83.5 Å². The van der Waals surface area contributed by atoms with Gasteiger partial charge < -0.3 is 19.4 Å². The molecule has 3 atom stereocenters. The molecule has 9 nitrogen and oxygen atoms in total. The van der Waals surface area contributed by atoms with Crippen molar-refractivity contribution in [3.05, 3.63) is 48.6 Å². The number of hydrogen-bond acceptors (Lipinski definition) is 6. The van der Waals surface area contributed by atoms with Crippen LogP contribution in [0.2, 0.25) is 0 Å². The minimum Gasteiger partial charge on any atom is -0.456 e. The fourth-order valence-electron chi connectivity index (χ4n) is 8.42. The molecule has 0 aromatic carbocycles. The van der Waals surface area contributed by atoms with Gasteiger partial charge in [-0.1, -0.05) is 237 Å². The summed E-state index contributed by atoms with van der Waals surface area (Å²) in [5.74, 6) is -0.523. The maximum Gasteiger partial charge on any atom is 0.472 e. The molecule has 0 heterocycles. The molecule has 0 aliphatic rings. The molecule has 410 valence electrons. The molecule has 70 heavy (non-hydrogen) atoms. The summed E-state index contributed by atoms with van der Waals surface area (Å²) in [6.45, 7) is 6.98. The Morgan fingerprint density at radius 3 is 1.33 bits per heavy atom. The standard InChI is InChI=1S/C60H113N2O7P/c1-7-10-13-16-19-22-25-28-30-31-33-34-37-40-43-46-49-52-59(63)61-57(56-68-70(65,66)67-55-54-62(4,5)6)58(51-48-45-42-39-36-27-24-21-18-15-12-9-3)69-60(64)53-50-47-44-41-38-35-32-29-26-23-20-17-14-11-8-2/h19,22,28,30,33-34,48,51,57-58H,7-18,20-21,23-27,29,31-32,35-47,49-50,52-56H2,1-6H3,(H-,61,63,65,66)/p+1/b22-19-,30-28-,34-33-,51-48+. The van der Waals surface area contributed by atoms with Gasteiger partial charge in [0.1, 0.15) is 19.3 Å². The van der Waals surface area contributed by atoms with Crippen molar-refractivity contribution < 1.29 is 37.3 Å². The number of allylic oxidation sites excluding steroid dienone is 7. The van der Waals surface area contributed by atoms with E-state index < -0.39 is 20.0 Å². The summed E-state index contributed by atoms with van der Waals surface area (Å²) in [7, 11) is 1.48. The molecule has 0 spiro atoms. The highest BCUT2D eigenvalue weighted by Gasteiger charge is 2.30. The summed E-state index contributed by atoms with van der Waals surface area (Å²) >= 11 is 0. The van der Waals surface area contributed by atoms with E-state index in [1.54, 1.807) is 0 Å². The molecular weight excluding hydrogens is 892 g/mol. The third kappa shape index (κ3) is 50.9. The Balaban J connectivity index is 5.36. The first-order valence-electron chi connectivity index (χ1n) is 29.5. The molecule has 0 aliphatic heterocycles. The zero-order valence-electron chi connectivity index (χ0n) is 46.8. The van der Waals surface area contributed by atoms with Gasteiger partial charge in [-0.15, -0.1) is 0 Å². The van der Waals surface area contributed by atoms with Crippen molar-refractivity contribution in [3.8, 4) is 0 Å². The summed E-state index contributed by atoms with van der Waals surface area (Å²) in [4.78, 5) is 37.6. The molecule has 0 radical (unpaired) electrons. The Bertz CT molecular complexity index is 1340. The first kappa shape index (κ1) is 68.0. The third-order valence-electron chi connectivity index (χ3n) is 13.0. The van der Waals surface area contributed by atoms with Crippen molar-refractivity contribution >= 4 is 19.7 Å². The van der Waals surface area contributed by atoms with Crippen LogP contribution in [0.5, 0.6) is 0 Å². The lowest BCUT2D eigenvalue weighted by Gasteiger charge is -2.27. The highest BCUT2D eigenvalue weighted by molar-refractivity contribution is 7.47. The summed E-state index contributed by atoms with van der Waals surface area (Å²) in [6, 6.07) is -0.857. The predicted octanol–water partition coefficient (Wildman–Crippen LogP) is 17.7. The molecule has 10 heteroatoms. The number of carbonyl (C=O) groups excluding carboxylic acids is 2. The molecule has 0 rings (SSSR count). The number of unbranched alkanes of at least 4 members (excludes halogenated alkanes) is 31. The van der Waals surface area contributed by atoms with Crippen LogP contribution >= 0.6 is 7.82 Å². The zero-order valence-corrected chi connectivity index (χ0v) is 47.7. The number of carbonyl (C=O) groups is 2. The van der Waals surface area contributed by atoms with E-state index >= 15 is 0 Å². The molecule has 0 aromatic rings. The topological polar surface area (TPSA) is 111 Å². The van der Waals surface area contributed by atoms with Crippen LogP contribution in [0.3, 0.4) is 0 Å². The highest BCUT2D eigenvalue weighted by atomic mass is 31.2. The molecular formula is C60H114N2O7P+. The monoisotopic (exact) mass is 1010 g/mol. The van der Waals surface area contributed by atoms with Gasteiger partial charge in [-0.3, -0.25) is 18.6 Å². The number of quaternary nitrogens is 1. The quantitative estimate of drug-likeness (QED) is 0.0205. The molecule has 1 amide bonds. The van der Waals surface area contributed by atoms with Crippen LogP contribution in [0, 0.1) is 0 Å². The smallest absolute Gasteiger partial charge is 0.456 e. The van der Waals surface area contributed by atoms with Gasteiger partial charge in [0.2, 0.25) is 5.91 Å². The summed E-state index contributed by atoms with van der Waals surface area (Å²) in [6.07, 6.45) is 61.0. The Hall–Kier alpha value is -2.03. The van der Waals surface area contributed by atoms with Crippen LogP contribution in [0.15, 0.2) is 48.6 Å². The molecule has 3 unspecified atom stereocenters. The second kappa shape index (κ2) is 50.5. The number of nitrogens with one attached hydrogen (secondary N) is 1. The SMILES string of the molecule is CCCCC/C=C\C/C=C\C/C=C\CCCCCCC(=O)NC(COP(=O)(O)OCC[N+](C)(C)C)C(/C=C/CCCCCCCCCCCC)OC(=O)CCCCCCCCCCCCCCCCC. The van der Waals surface area contributed by atoms with Crippen molar-refractivity contribution in [2.24, 2.45) is 0 Å². The van der Waals surface area contributed by atoms with Crippen molar-refractivity contribution in [2.45, 2.75) is 283 Å². The van der Waals surface area contributed by atoms with E-state index in [9.17, 15) is 19.0 Å². The first-order valence-corrected chi connectivity index (χ1v) is 31.0. The van der Waals surface area contributed by atoms with Gasteiger partial charge >= 0.3 is 13.8 Å². The minimum absolute atomic E-state index is 0.0364. The second-order valence-corrected chi connectivity index (χ2v) is 22.6. The minimum atomic E-state index is -4.45. The summed E-state index contributed by atoms with van der Waals surface area (Å²) < 4.78 is 30.6. The molecule has 0 bridgehead atoms. The van der Waals surface area contributed by atoms with Gasteiger partial charge in [0, 0.05) is 12.8 Å². The highest BCUT2D eigenvalue weighted by Crippen LogP contribution is 2.43. The van der Waals surface area contributed by atoms with Gasteiger partial charge in [-0.25, -0.2) is 4.57 Å². The largest absolute Gasteiger partial charge is 0.472 e. The molecule has 0 aliphatic carbocycles. The van der Waals surface area contributed by atoms with Gasteiger partial charge in [-0.2, -0.15) is 0 Å². The van der Waals surface area contributed by atoms with Crippen LogP contribution in [0.1, 0.15) is 271 Å². The molecule has 0 fully saturated rings. The van der Waals surface area contributed by atoms with Crippen LogP contribution in [0.25, 0.3) is 0 Å². The van der Waals surface area contributed by atoms with Crippen molar-refractivity contribution in [1.82, 2.24) is 5.32 Å². The summed E-state index contributed by atoms with van der Waals surface area (Å²) in [5.41, 5.74) is 0. The van der Waals surface area contributed by atoms with Crippen molar-refractivity contribution in [3.63, 3.8) is 0 Å². The Labute approximate surface area is 433 Å². The second-order valence-electron chi connectivity index (χ2n) is 21.2. The fourth-order valence-corrected chi connectivity index (χ4v) is 9.15. The Kier molecular flexibility index (Phi) is 49.0. The summed E-state index contributed by atoms with van der Waals surface area (Å²) in [5, 5.41) is 3.04. The maximum atomic E-state index is 13.5. The van der Waals surface area contributed by atoms with Crippen LogP contribution in [0.4, 0.5) is 0 Å². The Morgan fingerprint density at radius 2 is 0.871 bits per heavy atom. The predicted molar refractivity (Wildman–Crippen MR) is 300 cm³/mol. The normalized spacial score (nSPS) is 14.1. The first-order chi connectivity index (χ1) is 33.9. The lowest BCUT2D eigenvalue weighted by molar-refractivity contribution is -0.870. The number of phosphoric ester groups is 1. The van der Waals surface area contributed by atoms with E-state index in [-0.39, 0.29) is 31.5 Å². The van der Waals surface area contributed by atoms with E-state index in [1.807, 2.05) is 33.3 Å². The van der Waals surface area contributed by atoms with Crippen LogP contribution < -0.4 is 5.32 Å². The molecule has 2 N–H and O–H groups in total. The number of nitrogens with zero attached hydrogens (tertiary/aromatic N) is 1. The van der Waals surface area contributed by atoms with Gasteiger partial charge in [0.15, 0.2) is 0 Å². The maximum absolute atomic E-state index is 13.5. The van der Waals surface area contributed by atoms with E-state index in [1.165, 1.54) is 154 Å².